The highest BCUT2D eigenvalue weighted by Gasteiger charge is 2.26. The summed E-state index contributed by atoms with van der Waals surface area (Å²) in [6.07, 6.45) is 1.14. The maximum Gasteiger partial charge on any atom is 0.238 e. The number of nitrogens with zero attached hydrogens (tertiary/aromatic N) is 3. The number of rotatable bonds is 6. The van der Waals surface area contributed by atoms with Gasteiger partial charge in [-0.05, 0) is 35.9 Å². The van der Waals surface area contributed by atoms with E-state index in [1.807, 2.05) is 48.5 Å². The summed E-state index contributed by atoms with van der Waals surface area (Å²) in [7, 11) is -3.52. The van der Waals surface area contributed by atoms with Crippen LogP contribution in [0.1, 0.15) is 5.56 Å². The van der Waals surface area contributed by atoms with Gasteiger partial charge < -0.3 is 9.80 Å². The third kappa shape index (κ3) is 6.18. The van der Waals surface area contributed by atoms with Crippen molar-refractivity contribution in [2.45, 2.75) is 6.54 Å². The molecule has 2 aromatic carbocycles. The molecule has 156 valence electrons. The summed E-state index contributed by atoms with van der Waals surface area (Å²) in [5.41, 5.74) is 1.86. The molecule has 0 radical (unpaired) electrons. The Morgan fingerprint density at radius 3 is 2.34 bits per heavy atom. The van der Waals surface area contributed by atoms with Crippen LogP contribution in [0.3, 0.4) is 0 Å². The molecular formula is C20H23BrClN3O3S. The number of carbonyl (C=O) groups excluding carboxylic acids is 1. The first kappa shape index (κ1) is 22.1. The lowest BCUT2D eigenvalue weighted by molar-refractivity contribution is -0.131. The van der Waals surface area contributed by atoms with Gasteiger partial charge in [0.1, 0.15) is 0 Å². The second kappa shape index (κ2) is 9.47. The van der Waals surface area contributed by atoms with Gasteiger partial charge in [-0.25, -0.2) is 8.42 Å². The van der Waals surface area contributed by atoms with Crippen LogP contribution >= 0.6 is 27.5 Å². The standard InChI is InChI=1S/C20H23BrClN3O3S/c1-29(27,28)25(14-16-5-7-17(21)8-6-16)15-20(26)24-11-9-23(10-12-24)19-4-2-3-18(22)13-19/h2-8,13H,9-12,14-15H2,1H3. The van der Waals surface area contributed by atoms with E-state index in [-0.39, 0.29) is 19.0 Å². The highest BCUT2D eigenvalue weighted by molar-refractivity contribution is 9.10. The fourth-order valence-electron chi connectivity index (χ4n) is 3.22. The Morgan fingerprint density at radius 2 is 1.76 bits per heavy atom. The van der Waals surface area contributed by atoms with Crippen LogP contribution in [-0.4, -0.2) is 62.5 Å². The van der Waals surface area contributed by atoms with Gasteiger partial charge in [0, 0.05) is 47.9 Å². The van der Waals surface area contributed by atoms with Crippen LogP contribution in [0, 0.1) is 0 Å². The predicted octanol–water partition coefficient (Wildman–Crippen LogP) is 3.21. The Labute approximate surface area is 185 Å². The molecule has 0 aliphatic carbocycles. The van der Waals surface area contributed by atoms with Gasteiger partial charge in [0.25, 0.3) is 0 Å². The van der Waals surface area contributed by atoms with E-state index in [1.54, 1.807) is 4.90 Å². The molecule has 1 aliphatic rings. The van der Waals surface area contributed by atoms with Crippen molar-refractivity contribution in [3.8, 4) is 0 Å². The number of hydrogen-bond acceptors (Lipinski definition) is 4. The molecule has 0 atom stereocenters. The quantitative estimate of drug-likeness (QED) is 0.611. The summed E-state index contributed by atoms with van der Waals surface area (Å²) in [5, 5.41) is 0.678. The first-order valence-corrected chi connectivity index (χ1v) is 12.2. The Balaban J connectivity index is 1.61. The summed E-state index contributed by atoms with van der Waals surface area (Å²) in [6, 6.07) is 15.0. The van der Waals surface area contributed by atoms with Crippen LogP contribution < -0.4 is 4.90 Å². The number of sulfonamides is 1. The minimum Gasteiger partial charge on any atom is -0.368 e. The molecule has 1 heterocycles. The molecular weight excluding hydrogens is 478 g/mol. The molecule has 3 rings (SSSR count). The molecule has 0 bridgehead atoms. The monoisotopic (exact) mass is 499 g/mol. The lowest BCUT2D eigenvalue weighted by Crippen LogP contribution is -2.51. The summed E-state index contributed by atoms with van der Waals surface area (Å²) in [5.74, 6) is -0.182. The van der Waals surface area contributed by atoms with Crippen molar-refractivity contribution in [2.24, 2.45) is 0 Å². The summed E-state index contributed by atoms with van der Waals surface area (Å²) in [6.45, 7) is 2.45. The third-order valence-electron chi connectivity index (χ3n) is 4.86. The second-order valence-corrected chi connectivity index (χ2v) is 10.3. The highest BCUT2D eigenvalue weighted by Crippen LogP contribution is 2.21. The molecule has 0 spiro atoms. The van der Waals surface area contributed by atoms with Crippen LogP contribution in [0.4, 0.5) is 5.69 Å². The molecule has 1 saturated heterocycles. The molecule has 0 N–H and O–H groups in total. The molecule has 0 unspecified atom stereocenters. The summed E-state index contributed by atoms with van der Waals surface area (Å²) in [4.78, 5) is 16.7. The molecule has 6 nitrogen and oxygen atoms in total. The topological polar surface area (TPSA) is 60.9 Å². The van der Waals surface area contributed by atoms with Crippen molar-refractivity contribution in [1.82, 2.24) is 9.21 Å². The Bertz CT molecular complexity index is 961. The van der Waals surface area contributed by atoms with Gasteiger partial charge in [-0.15, -0.1) is 0 Å². The Kier molecular flexibility index (Phi) is 7.21. The van der Waals surface area contributed by atoms with E-state index in [2.05, 4.69) is 20.8 Å². The van der Waals surface area contributed by atoms with E-state index >= 15 is 0 Å². The van der Waals surface area contributed by atoms with E-state index in [0.717, 1.165) is 22.0 Å². The van der Waals surface area contributed by atoms with Crippen molar-refractivity contribution in [2.75, 3.05) is 43.9 Å². The van der Waals surface area contributed by atoms with Gasteiger partial charge in [-0.1, -0.05) is 45.7 Å². The van der Waals surface area contributed by atoms with Gasteiger partial charge in [0.05, 0.1) is 12.8 Å². The number of anilines is 1. The molecule has 1 fully saturated rings. The van der Waals surface area contributed by atoms with Gasteiger partial charge in [-0.3, -0.25) is 4.79 Å². The van der Waals surface area contributed by atoms with Crippen LogP contribution in [0.5, 0.6) is 0 Å². The molecule has 1 amide bonds. The number of carbonyl (C=O) groups is 1. The van der Waals surface area contributed by atoms with E-state index in [9.17, 15) is 13.2 Å². The Morgan fingerprint density at radius 1 is 1.10 bits per heavy atom. The molecule has 9 heteroatoms. The number of benzene rings is 2. The second-order valence-electron chi connectivity index (χ2n) is 7.01. The largest absolute Gasteiger partial charge is 0.368 e. The van der Waals surface area contributed by atoms with E-state index < -0.39 is 10.0 Å². The maximum atomic E-state index is 12.8. The normalized spacial score (nSPS) is 15.0. The highest BCUT2D eigenvalue weighted by atomic mass is 79.9. The summed E-state index contributed by atoms with van der Waals surface area (Å²) < 4.78 is 26.6. The lowest BCUT2D eigenvalue weighted by atomic mass is 10.2. The smallest absolute Gasteiger partial charge is 0.238 e. The third-order valence-corrected chi connectivity index (χ3v) is 6.82. The van der Waals surface area contributed by atoms with Crippen molar-refractivity contribution in [3.05, 3.63) is 63.6 Å². The first-order chi connectivity index (χ1) is 13.7. The number of amides is 1. The van der Waals surface area contributed by atoms with Crippen molar-refractivity contribution >= 4 is 49.1 Å². The fraction of sp³-hybridized carbons (Fsp3) is 0.350. The van der Waals surface area contributed by atoms with Crippen LogP contribution in [0.15, 0.2) is 53.0 Å². The lowest BCUT2D eigenvalue weighted by Gasteiger charge is -2.37. The zero-order valence-corrected chi connectivity index (χ0v) is 19.3. The van der Waals surface area contributed by atoms with Crippen LogP contribution in [0.25, 0.3) is 0 Å². The maximum absolute atomic E-state index is 12.8. The van der Waals surface area contributed by atoms with Crippen molar-refractivity contribution in [3.63, 3.8) is 0 Å². The predicted molar refractivity (Wildman–Crippen MR) is 120 cm³/mol. The van der Waals surface area contributed by atoms with E-state index in [4.69, 9.17) is 11.6 Å². The number of hydrogen-bond donors (Lipinski definition) is 0. The molecule has 29 heavy (non-hydrogen) atoms. The zero-order valence-electron chi connectivity index (χ0n) is 16.1. The fourth-order valence-corrected chi connectivity index (χ4v) is 4.40. The summed E-state index contributed by atoms with van der Waals surface area (Å²) >= 11 is 9.43. The average Bonchev–Trinajstić information content (AvgIpc) is 2.68. The number of halogens is 2. The van der Waals surface area contributed by atoms with Crippen LogP contribution in [-0.2, 0) is 21.4 Å². The van der Waals surface area contributed by atoms with E-state index in [0.29, 0.717) is 31.2 Å². The molecule has 2 aromatic rings. The molecule has 0 aromatic heterocycles. The molecule has 1 aliphatic heterocycles. The van der Waals surface area contributed by atoms with Gasteiger partial charge >= 0.3 is 0 Å². The van der Waals surface area contributed by atoms with Gasteiger partial charge in [0.2, 0.25) is 15.9 Å². The SMILES string of the molecule is CS(=O)(=O)N(CC(=O)N1CCN(c2cccc(Cl)c2)CC1)Cc1ccc(Br)cc1. The van der Waals surface area contributed by atoms with E-state index in [1.165, 1.54) is 4.31 Å². The van der Waals surface area contributed by atoms with Crippen molar-refractivity contribution in [1.29, 1.82) is 0 Å². The van der Waals surface area contributed by atoms with Crippen molar-refractivity contribution < 1.29 is 13.2 Å². The first-order valence-electron chi connectivity index (χ1n) is 9.20. The zero-order chi connectivity index (χ0) is 21.0. The number of piperazine rings is 1. The van der Waals surface area contributed by atoms with Crippen LogP contribution in [0.2, 0.25) is 5.02 Å². The Hall–Kier alpha value is -1.61. The molecule has 0 saturated carbocycles. The van der Waals surface area contributed by atoms with Gasteiger partial charge in [-0.2, -0.15) is 4.31 Å². The minimum atomic E-state index is -3.52. The van der Waals surface area contributed by atoms with Gasteiger partial charge in [0.15, 0.2) is 0 Å². The average molecular weight is 501 g/mol. The minimum absolute atomic E-state index is 0.161.